The molecular weight excluding hydrogens is 673 g/mol. The molecule has 9 aromatic carbocycles. The van der Waals surface area contributed by atoms with Gasteiger partial charge < -0.3 is 9.47 Å². The van der Waals surface area contributed by atoms with Gasteiger partial charge in [0.2, 0.25) is 0 Å². The largest absolute Gasteiger partial charge is 0.497 e. The minimum Gasteiger partial charge on any atom is -0.497 e. The summed E-state index contributed by atoms with van der Waals surface area (Å²) in [6.45, 7) is 0. The summed E-state index contributed by atoms with van der Waals surface area (Å²) in [5.74, 6) is 1.72. The van der Waals surface area contributed by atoms with Gasteiger partial charge in [0.05, 0.1) is 14.2 Å². The van der Waals surface area contributed by atoms with E-state index in [0.29, 0.717) is 0 Å². The zero-order valence-electron chi connectivity index (χ0n) is 28.5. The highest BCUT2D eigenvalue weighted by Gasteiger charge is 2.19. The molecule has 0 fully saturated rings. The second-order valence-corrected chi connectivity index (χ2v) is 15.6. The van der Waals surface area contributed by atoms with Crippen molar-refractivity contribution in [3.8, 4) is 33.8 Å². The van der Waals surface area contributed by atoms with Crippen molar-refractivity contribution in [3.05, 3.63) is 146 Å². The highest BCUT2D eigenvalue weighted by molar-refractivity contribution is 7.27. The Bertz CT molecular complexity index is 3020. The molecule has 246 valence electrons. The molecule has 0 amide bonds. The van der Waals surface area contributed by atoms with Gasteiger partial charge in [0.1, 0.15) is 11.5 Å². The topological polar surface area (TPSA) is 18.5 Å². The molecule has 11 aromatic rings. The molecule has 2 heterocycles. The zero-order chi connectivity index (χ0) is 34.5. The molecule has 2 nitrogen and oxygen atoms in total. The summed E-state index contributed by atoms with van der Waals surface area (Å²) in [6.07, 6.45) is 0. The van der Waals surface area contributed by atoms with Gasteiger partial charge in [-0.3, -0.25) is 0 Å². The Kier molecular flexibility index (Phi) is 6.46. The molecule has 0 aliphatic rings. The highest BCUT2D eigenvalue weighted by Crippen LogP contribution is 2.48. The minimum atomic E-state index is 0.859. The molecule has 0 atom stereocenters. The van der Waals surface area contributed by atoms with E-state index in [4.69, 9.17) is 9.47 Å². The van der Waals surface area contributed by atoms with Gasteiger partial charge in [-0.05, 0) is 115 Å². The van der Waals surface area contributed by atoms with Crippen LogP contribution in [0.4, 0.5) is 0 Å². The first-order valence-electron chi connectivity index (χ1n) is 17.5. The molecule has 0 unspecified atom stereocenters. The Morgan fingerprint density at radius 2 is 0.788 bits per heavy atom. The Morgan fingerprint density at radius 3 is 1.23 bits per heavy atom. The van der Waals surface area contributed by atoms with Gasteiger partial charge in [-0.15, -0.1) is 22.7 Å². The van der Waals surface area contributed by atoms with Crippen LogP contribution in [0.15, 0.2) is 146 Å². The lowest BCUT2D eigenvalue weighted by atomic mass is 9.88. The predicted molar refractivity (Wildman–Crippen MR) is 226 cm³/mol. The lowest BCUT2D eigenvalue weighted by Gasteiger charge is -2.16. The van der Waals surface area contributed by atoms with Crippen LogP contribution in [-0.2, 0) is 0 Å². The van der Waals surface area contributed by atoms with Crippen LogP contribution >= 0.6 is 22.7 Å². The molecular formula is C48H30O2S2. The van der Waals surface area contributed by atoms with Crippen LogP contribution in [0.25, 0.3) is 106 Å². The van der Waals surface area contributed by atoms with Crippen LogP contribution in [0.2, 0.25) is 0 Å². The van der Waals surface area contributed by atoms with Crippen molar-refractivity contribution in [3.63, 3.8) is 0 Å². The average Bonchev–Trinajstić information content (AvgIpc) is 3.78. The molecule has 0 radical (unpaired) electrons. The van der Waals surface area contributed by atoms with Gasteiger partial charge in [0.15, 0.2) is 0 Å². The Balaban J connectivity index is 1.33. The first kappa shape index (κ1) is 29.8. The number of fused-ring (bicyclic) bond motifs is 14. The predicted octanol–water partition coefficient (Wildman–Crippen LogP) is 14.4. The van der Waals surface area contributed by atoms with Crippen LogP contribution < -0.4 is 9.47 Å². The second-order valence-electron chi connectivity index (χ2n) is 13.5. The maximum absolute atomic E-state index is 5.54. The van der Waals surface area contributed by atoms with E-state index in [9.17, 15) is 0 Å². The zero-order valence-corrected chi connectivity index (χ0v) is 30.1. The lowest BCUT2D eigenvalue weighted by molar-refractivity contribution is 0.415. The van der Waals surface area contributed by atoms with Crippen molar-refractivity contribution in [2.75, 3.05) is 14.2 Å². The molecule has 2 aromatic heterocycles. The van der Waals surface area contributed by atoms with E-state index in [-0.39, 0.29) is 0 Å². The lowest BCUT2D eigenvalue weighted by Crippen LogP contribution is -1.89. The van der Waals surface area contributed by atoms with Gasteiger partial charge in [-0.2, -0.15) is 0 Å². The van der Waals surface area contributed by atoms with Crippen molar-refractivity contribution >= 4 is 106 Å². The third-order valence-corrected chi connectivity index (χ3v) is 13.2. The Hall–Kier alpha value is -5.94. The summed E-state index contributed by atoms with van der Waals surface area (Å²) in [7, 11) is 3.44. The van der Waals surface area contributed by atoms with E-state index in [0.717, 1.165) is 11.5 Å². The molecule has 0 saturated carbocycles. The van der Waals surface area contributed by atoms with Gasteiger partial charge in [-0.25, -0.2) is 0 Å². The molecule has 0 spiro atoms. The number of benzene rings is 9. The second kappa shape index (κ2) is 11.3. The van der Waals surface area contributed by atoms with E-state index in [2.05, 4.69) is 146 Å². The van der Waals surface area contributed by atoms with Crippen LogP contribution in [0.1, 0.15) is 0 Å². The van der Waals surface area contributed by atoms with E-state index in [1.54, 1.807) is 14.2 Å². The number of hydrogen-bond acceptors (Lipinski definition) is 4. The number of thiophene rings is 2. The molecule has 11 rings (SSSR count). The molecule has 0 aliphatic heterocycles. The first-order valence-corrected chi connectivity index (χ1v) is 19.1. The summed E-state index contributed by atoms with van der Waals surface area (Å²) in [5, 5.41) is 15.5. The monoisotopic (exact) mass is 702 g/mol. The SMILES string of the molecule is COc1ccc(-c2cc3cc4cc(-c5ccc(OC)cc5)c5ccc6c7ccccc7sc6c5c4cc3c3c2ccc2c4ccccc4sc23)cc1. The smallest absolute Gasteiger partial charge is 0.118 e. The third kappa shape index (κ3) is 4.29. The van der Waals surface area contributed by atoms with E-state index < -0.39 is 0 Å². The summed E-state index contributed by atoms with van der Waals surface area (Å²) >= 11 is 3.81. The van der Waals surface area contributed by atoms with Crippen molar-refractivity contribution in [1.29, 1.82) is 0 Å². The van der Waals surface area contributed by atoms with Crippen LogP contribution in [0.5, 0.6) is 11.5 Å². The van der Waals surface area contributed by atoms with Gasteiger partial charge in [0.25, 0.3) is 0 Å². The Morgan fingerprint density at radius 1 is 0.365 bits per heavy atom. The molecule has 4 heteroatoms. The summed E-state index contributed by atoms with van der Waals surface area (Å²) in [4.78, 5) is 0. The van der Waals surface area contributed by atoms with Crippen LogP contribution in [0.3, 0.4) is 0 Å². The van der Waals surface area contributed by atoms with Crippen molar-refractivity contribution < 1.29 is 9.47 Å². The summed E-state index contributed by atoms with van der Waals surface area (Å²) in [5.41, 5.74) is 4.81. The fraction of sp³-hybridized carbons (Fsp3) is 0.0417. The molecule has 0 aliphatic carbocycles. The van der Waals surface area contributed by atoms with Crippen LogP contribution in [-0.4, -0.2) is 14.2 Å². The van der Waals surface area contributed by atoms with E-state index in [1.165, 1.54) is 106 Å². The maximum atomic E-state index is 5.54. The quantitative estimate of drug-likeness (QED) is 0.134. The van der Waals surface area contributed by atoms with Crippen LogP contribution in [0, 0.1) is 0 Å². The summed E-state index contributed by atoms with van der Waals surface area (Å²) < 4.78 is 16.4. The van der Waals surface area contributed by atoms with Gasteiger partial charge in [-0.1, -0.05) is 84.9 Å². The maximum Gasteiger partial charge on any atom is 0.118 e. The average molecular weight is 703 g/mol. The minimum absolute atomic E-state index is 0.859. The van der Waals surface area contributed by atoms with E-state index >= 15 is 0 Å². The standard InChI is InChI=1S/C48H30O2S2/c1-49-31-15-11-27(12-16-31)39-24-29-23-30-25-40(28-13-17-32(50-2)18-14-28)36-20-22-38-34-8-4-6-10-44(34)52-48(38)46(36)42(30)26-41(29)45-35(39)19-21-37-33-7-3-5-9-43(33)51-47(37)45/h3-26H,1-2H3. The first-order chi connectivity index (χ1) is 25.7. The fourth-order valence-corrected chi connectivity index (χ4v) is 10.9. The van der Waals surface area contributed by atoms with Gasteiger partial charge in [0, 0.05) is 51.1 Å². The van der Waals surface area contributed by atoms with E-state index in [1.807, 2.05) is 22.7 Å². The highest BCUT2D eigenvalue weighted by atomic mass is 32.1. The fourth-order valence-electron chi connectivity index (χ4n) is 8.35. The molecule has 52 heavy (non-hydrogen) atoms. The third-order valence-electron chi connectivity index (χ3n) is 10.8. The molecule has 0 saturated heterocycles. The number of rotatable bonds is 4. The van der Waals surface area contributed by atoms with Crippen molar-refractivity contribution in [2.24, 2.45) is 0 Å². The van der Waals surface area contributed by atoms with Gasteiger partial charge >= 0.3 is 0 Å². The Labute approximate surface area is 307 Å². The van der Waals surface area contributed by atoms with Crippen molar-refractivity contribution in [1.82, 2.24) is 0 Å². The molecule has 0 N–H and O–H groups in total. The normalized spacial score (nSPS) is 12.0. The number of ether oxygens (including phenoxy) is 2. The summed E-state index contributed by atoms with van der Waals surface area (Å²) in [6, 6.07) is 53.7. The molecule has 0 bridgehead atoms. The number of hydrogen-bond donors (Lipinski definition) is 0. The van der Waals surface area contributed by atoms with Crippen molar-refractivity contribution in [2.45, 2.75) is 0 Å². The number of methoxy groups -OCH3 is 2.